The second-order valence-corrected chi connectivity index (χ2v) is 7.93. The van der Waals surface area contributed by atoms with Gasteiger partial charge in [0.25, 0.3) is 11.1 Å². The van der Waals surface area contributed by atoms with Crippen molar-refractivity contribution in [1.82, 2.24) is 4.90 Å². The number of amides is 3. The molecule has 1 N–H and O–H groups in total. The van der Waals surface area contributed by atoms with Gasteiger partial charge >= 0.3 is 0 Å². The number of carbonyl (C=O) groups is 3. The van der Waals surface area contributed by atoms with Crippen molar-refractivity contribution in [3.05, 3.63) is 81.8 Å². The highest BCUT2D eigenvalue weighted by Gasteiger charge is 2.36. The van der Waals surface area contributed by atoms with Crippen LogP contribution in [0, 0.1) is 13.8 Å². The van der Waals surface area contributed by atoms with E-state index in [4.69, 9.17) is 0 Å². The summed E-state index contributed by atoms with van der Waals surface area (Å²) in [6.07, 6.45) is 3.61. The summed E-state index contributed by atoms with van der Waals surface area (Å²) in [6, 6.07) is 15.4. The fraction of sp³-hybridized carbons (Fsp3) is 0.174. The van der Waals surface area contributed by atoms with E-state index in [-0.39, 0.29) is 6.54 Å². The van der Waals surface area contributed by atoms with Gasteiger partial charge in [-0.1, -0.05) is 54.1 Å². The molecule has 1 saturated heterocycles. The molecule has 1 heterocycles. The van der Waals surface area contributed by atoms with E-state index in [1.807, 2.05) is 75.4 Å². The number of hydrogen-bond donors (Lipinski definition) is 1. The molecule has 0 bridgehead atoms. The van der Waals surface area contributed by atoms with Gasteiger partial charge < -0.3 is 5.32 Å². The van der Waals surface area contributed by atoms with Gasteiger partial charge in [-0.15, -0.1) is 0 Å². The Bertz CT molecular complexity index is 1030. The zero-order valence-electron chi connectivity index (χ0n) is 16.6. The first-order valence-electron chi connectivity index (χ1n) is 9.19. The van der Waals surface area contributed by atoms with Gasteiger partial charge in [0.2, 0.25) is 5.91 Å². The Morgan fingerprint density at radius 2 is 1.83 bits per heavy atom. The molecular weight excluding hydrogens is 384 g/mol. The minimum atomic E-state index is -0.448. The van der Waals surface area contributed by atoms with Crippen molar-refractivity contribution in [2.24, 2.45) is 0 Å². The monoisotopic (exact) mass is 406 g/mol. The number of imide groups is 1. The fourth-order valence-electron chi connectivity index (χ4n) is 2.98. The van der Waals surface area contributed by atoms with Crippen LogP contribution in [0.1, 0.15) is 23.6 Å². The summed E-state index contributed by atoms with van der Waals surface area (Å²) in [5, 5.41) is 2.33. The molecule has 2 aromatic rings. The predicted octanol–water partition coefficient (Wildman–Crippen LogP) is 4.92. The lowest BCUT2D eigenvalue weighted by Crippen LogP contribution is -2.36. The van der Waals surface area contributed by atoms with Crippen LogP contribution < -0.4 is 5.32 Å². The highest BCUT2D eigenvalue weighted by atomic mass is 32.2. The minimum Gasteiger partial charge on any atom is -0.324 e. The van der Waals surface area contributed by atoms with Crippen LogP contribution in [-0.4, -0.2) is 28.5 Å². The molecule has 5 nitrogen and oxygen atoms in total. The largest absolute Gasteiger partial charge is 0.324 e. The summed E-state index contributed by atoms with van der Waals surface area (Å²) in [7, 11) is 0. The Morgan fingerprint density at radius 1 is 1.10 bits per heavy atom. The number of nitrogens with zero attached hydrogens (tertiary/aromatic N) is 1. The quantitative estimate of drug-likeness (QED) is 0.716. The van der Waals surface area contributed by atoms with Gasteiger partial charge in [-0.3, -0.25) is 19.3 Å². The average molecular weight is 407 g/mol. The summed E-state index contributed by atoms with van der Waals surface area (Å²) in [5.74, 6) is -0.853. The molecule has 1 aliphatic heterocycles. The van der Waals surface area contributed by atoms with Crippen molar-refractivity contribution in [3.63, 3.8) is 0 Å². The average Bonchev–Trinajstić information content (AvgIpc) is 2.92. The Morgan fingerprint density at radius 3 is 2.52 bits per heavy atom. The van der Waals surface area contributed by atoms with E-state index in [0.717, 1.165) is 38.9 Å². The van der Waals surface area contributed by atoms with E-state index >= 15 is 0 Å². The number of aryl methyl sites for hydroxylation is 2. The standard InChI is InChI=1S/C23H22N2O3S/c1-15-9-10-19(17(3)11-15)24-21(26)14-25-22(27)20(29-23(25)28)13-16(2)12-18-7-5-4-6-8-18/h4-13H,14H2,1-3H3,(H,24,26)/b16-12+,20-13+. The molecule has 0 saturated carbocycles. The van der Waals surface area contributed by atoms with Crippen molar-refractivity contribution in [3.8, 4) is 0 Å². The lowest BCUT2D eigenvalue weighted by Gasteiger charge is -2.14. The first-order valence-corrected chi connectivity index (χ1v) is 10.0. The molecule has 0 radical (unpaired) electrons. The first kappa shape index (κ1) is 20.6. The summed E-state index contributed by atoms with van der Waals surface area (Å²) in [5.41, 5.74) is 4.55. The number of benzene rings is 2. The fourth-order valence-corrected chi connectivity index (χ4v) is 3.87. The van der Waals surface area contributed by atoms with Gasteiger partial charge in [0.05, 0.1) is 4.91 Å². The van der Waals surface area contributed by atoms with E-state index in [2.05, 4.69) is 5.32 Å². The van der Waals surface area contributed by atoms with Gasteiger partial charge in [0.1, 0.15) is 6.54 Å². The number of rotatable bonds is 5. The molecule has 0 aliphatic carbocycles. The number of nitrogens with one attached hydrogen (secondary N) is 1. The van der Waals surface area contributed by atoms with Gasteiger partial charge in [-0.2, -0.15) is 0 Å². The van der Waals surface area contributed by atoms with E-state index in [1.165, 1.54) is 0 Å². The lowest BCUT2D eigenvalue weighted by atomic mass is 10.1. The summed E-state index contributed by atoms with van der Waals surface area (Å²) in [4.78, 5) is 38.5. The van der Waals surface area contributed by atoms with Crippen LogP contribution in [0.2, 0.25) is 0 Å². The van der Waals surface area contributed by atoms with E-state index in [1.54, 1.807) is 6.08 Å². The number of allylic oxidation sites excluding steroid dienone is 2. The maximum atomic E-state index is 12.6. The highest BCUT2D eigenvalue weighted by Crippen LogP contribution is 2.31. The van der Waals surface area contributed by atoms with Gasteiger partial charge in [0.15, 0.2) is 0 Å². The Balaban J connectivity index is 1.68. The third kappa shape index (κ3) is 5.23. The van der Waals surface area contributed by atoms with Crippen LogP contribution in [0.5, 0.6) is 0 Å². The summed E-state index contributed by atoms with van der Waals surface area (Å²) >= 11 is 0.852. The van der Waals surface area contributed by atoms with Crippen LogP contribution >= 0.6 is 11.8 Å². The zero-order valence-corrected chi connectivity index (χ0v) is 17.4. The first-order chi connectivity index (χ1) is 13.8. The van der Waals surface area contributed by atoms with Crippen molar-refractivity contribution >= 4 is 40.6 Å². The van der Waals surface area contributed by atoms with Crippen molar-refractivity contribution in [2.75, 3.05) is 11.9 Å². The third-order valence-electron chi connectivity index (χ3n) is 4.38. The highest BCUT2D eigenvalue weighted by molar-refractivity contribution is 8.18. The topological polar surface area (TPSA) is 66.5 Å². The van der Waals surface area contributed by atoms with Crippen LogP contribution in [0.3, 0.4) is 0 Å². The van der Waals surface area contributed by atoms with Gasteiger partial charge in [-0.05, 0) is 61.4 Å². The van der Waals surface area contributed by atoms with Gasteiger partial charge in [-0.25, -0.2) is 0 Å². The molecule has 148 valence electrons. The zero-order chi connectivity index (χ0) is 21.0. The van der Waals surface area contributed by atoms with Crippen molar-refractivity contribution < 1.29 is 14.4 Å². The van der Waals surface area contributed by atoms with Crippen LogP contribution in [-0.2, 0) is 9.59 Å². The summed E-state index contributed by atoms with van der Waals surface area (Å²) < 4.78 is 0. The molecule has 3 amide bonds. The molecule has 0 atom stereocenters. The molecule has 1 fully saturated rings. The Labute approximate surface area is 174 Å². The van der Waals surface area contributed by atoms with Crippen LogP contribution in [0.4, 0.5) is 10.5 Å². The molecule has 0 unspecified atom stereocenters. The molecule has 2 aromatic carbocycles. The summed E-state index contributed by atoms with van der Waals surface area (Å²) in [6.45, 7) is 5.43. The van der Waals surface area contributed by atoms with Crippen molar-refractivity contribution in [2.45, 2.75) is 20.8 Å². The normalized spacial score (nSPS) is 15.9. The van der Waals surface area contributed by atoms with Crippen LogP contribution in [0.15, 0.2) is 65.1 Å². The van der Waals surface area contributed by atoms with Gasteiger partial charge in [0, 0.05) is 5.69 Å². The predicted molar refractivity (Wildman–Crippen MR) is 117 cm³/mol. The Hall–Kier alpha value is -3.12. The number of thioether (sulfide) groups is 1. The number of anilines is 1. The minimum absolute atomic E-state index is 0.309. The maximum Gasteiger partial charge on any atom is 0.294 e. The maximum absolute atomic E-state index is 12.6. The van der Waals surface area contributed by atoms with Crippen molar-refractivity contribution in [1.29, 1.82) is 0 Å². The Kier molecular flexibility index (Phi) is 6.34. The molecule has 3 rings (SSSR count). The molecular formula is C23H22N2O3S. The number of carbonyl (C=O) groups excluding carboxylic acids is 3. The molecule has 0 spiro atoms. The van der Waals surface area contributed by atoms with E-state index in [0.29, 0.717) is 10.6 Å². The van der Waals surface area contributed by atoms with E-state index in [9.17, 15) is 14.4 Å². The molecule has 6 heteroatoms. The number of hydrogen-bond acceptors (Lipinski definition) is 4. The van der Waals surface area contributed by atoms with Crippen LogP contribution in [0.25, 0.3) is 6.08 Å². The second kappa shape index (κ2) is 8.92. The molecule has 1 aliphatic rings. The second-order valence-electron chi connectivity index (χ2n) is 6.93. The molecule has 0 aromatic heterocycles. The SMILES string of the molecule is CC(=C\c1ccccc1)/C=C1/SC(=O)N(CC(=O)Nc2ccc(C)cc2C)C1=O. The smallest absolute Gasteiger partial charge is 0.294 e. The third-order valence-corrected chi connectivity index (χ3v) is 5.29. The lowest BCUT2D eigenvalue weighted by molar-refractivity contribution is -0.127. The molecule has 29 heavy (non-hydrogen) atoms. The van der Waals surface area contributed by atoms with E-state index < -0.39 is 17.1 Å².